The lowest BCUT2D eigenvalue weighted by molar-refractivity contribution is 0.390. The highest BCUT2D eigenvalue weighted by Crippen LogP contribution is 2.21. The van der Waals surface area contributed by atoms with Crippen molar-refractivity contribution in [3.63, 3.8) is 0 Å². The zero-order chi connectivity index (χ0) is 15.3. The lowest BCUT2D eigenvalue weighted by Gasteiger charge is -2.28. The largest absolute Gasteiger partial charge is 0.324 e. The molecule has 2 N–H and O–H groups in total. The minimum Gasteiger partial charge on any atom is -0.324 e. The molecule has 114 valence electrons. The Hall–Kier alpha value is -1.61. The second-order valence-corrected chi connectivity index (χ2v) is 5.85. The molecule has 2 aromatic rings. The Morgan fingerprint density at radius 3 is 2.38 bits per heavy atom. The minimum atomic E-state index is -0.209. The molecule has 0 fully saturated rings. The number of benzene rings is 1. The van der Waals surface area contributed by atoms with E-state index >= 15 is 0 Å². The van der Waals surface area contributed by atoms with Crippen molar-refractivity contribution >= 4 is 0 Å². The van der Waals surface area contributed by atoms with Crippen LogP contribution in [-0.4, -0.2) is 15.3 Å². The molecule has 3 heteroatoms. The van der Waals surface area contributed by atoms with E-state index in [1.807, 2.05) is 6.07 Å². The molecule has 1 aromatic carbocycles. The van der Waals surface area contributed by atoms with Gasteiger partial charge in [0.1, 0.15) is 0 Å². The Morgan fingerprint density at radius 2 is 1.81 bits per heavy atom. The van der Waals surface area contributed by atoms with Gasteiger partial charge in [0.25, 0.3) is 0 Å². The summed E-state index contributed by atoms with van der Waals surface area (Å²) in [5.41, 5.74) is 10.2. The molecule has 1 heterocycles. The van der Waals surface area contributed by atoms with Gasteiger partial charge in [-0.1, -0.05) is 44.2 Å². The number of aryl methyl sites for hydroxylation is 2. The minimum absolute atomic E-state index is 0.209. The van der Waals surface area contributed by atoms with Crippen molar-refractivity contribution in [3.8, 4) is 0 Å². The third-order valence-electron chi connectivity index (χ3n) is 4.21. The number of nitrogens with two attached hydrogens (primary N) is 1. The van der Waals surface area contributed by atoms with Crippen LogP contribution in [0, 0.1) is 0 Å². The summed E-state index contributed by atoms with van der Waals surface area (Å²) in [6.45, 7) is 7.36. The van der Waals surface area contributed by atoms with E-state index in [4.69, 9.17) is 5.73 Å². The molecule has 21 heavy (non-hydrogen) atoms. The van der Waals surface area contributed by atoms with Gasteiger partial charge in [0, 0.05) is 24.2 Å². The number of aromatic nitrogens is 2. The van der Waals surface area contributed by atoms with Crippen molar-refractivity contribution in [2.45, 2.75) is 58.5 Å². The van der Waals surface area contributed by atoms with Gasteiger partial charge in [0.05, 0.1) is 5.69 Å². The molecule has 0 saturated carbocycles. The first-order valence-corrected chi connectivity index (χ1v) is 7.98. The lowest BCUT2D eigenvalue weighted by Crippen LogP contribution is -2.44. The number of rotatable bonds is 7. The molecule has 1 atom stereocenters. The van der Waals surface area contributed by atoms with Gasteiger partial charge in [-0.25, -0.2) is 0 Å². The molecule has 0 aliphatic rings. The van der Waals surface area contributed by atoms with E-state index in [1.54, 1.807) is 0 Å². The molecule has 3 nitrogen and oxygen atoms in total. The maximum absolute atomic E-state index is 6.69. The van der Waals surface area contributed by atoms with E-state index in [1.165, 1.54) is 11.3 Å². The Kier molecular flexibility index (Phi) is 5.18. The van der Waals surface area contributed by atoms with Gasteiger partial charge in [-0.3, -0.25) is 4.68 Å². The summed E-state index contributed by atoms with van der Waals surface area (Å²) in [5.74, 6) is 0. The summed E-state index contributed by atoms with van der Waals surface area (Å²) in [6, 6.07) is 12.7. The quantitative estimate of drug-likeness (QED) is 0.847. The third-order valence-corrected chi connectivity index (χ3v) is 4.21. The molecule has 0 spiro atoms. The molecule has 2 rings (SSSR count). The zero-order valence-corrected chi connectivity index (χ0v) is 13.5. The predicted molar refractivity (Wildman–Crippen MR) is 88.3 cm³/mol. The van der Waals surface area contributed by atoms with Crippen molar-refractivity contribution in [1.29, 1.82) is 0 Å². The van der Waals surface area contributed by atoms with E-state index in [0.717, 1.165) is 37.9 Å². The van der Waals surface area contributed by atoms with Crippen molar-refractivity contribution in [2.75, 3.05) is 0 Å². The average molecular weight is 285 g/mol. The number of nitrogens with zero attached hydrogens (tertiary/aromatic N) is 2. The van der Waals surface area contributed by atoms with Gasteiger partial charge < -0.3 is 5.73 Å². The van der Waals surface area contributed by atoms with E-state index in [9.17, 15) is 0 Å². The van der Waals surface area contributed by atoms with Crippen molar-refractivity contribution in [1.82, 2.24) is 9.78 Å². The molecule has 0 amide bonds. The normalized spacial score (nSPS) is 14.1. The Balaban J connectivity index is 2.19. The monoisotopic (exact) mass is 285 g/mol. The van der Waals surface area contributed by atoms with Crippen molar-refractivity contribution in [3.05, 3.63) is 53.3 Å². The van der Waals surface area contributed by atoms with E-state index in [2.05, 4.69) is 60.9 Å². The van der Waals surface area contributed by atoms with Crippen LogP contribution in [0.5, 0.6) is 0 Å². The maximum atomic E-state index is 6.69. The van der Waals surface area contributed by atoms with E-state index in [-0.39, 0.29) is 5.54 Å². The van der Waals surface area contributed by atoms with Crippen LogP contribution in [0.1, 0.15) is 44.1 Å². The fourth-order valence-electron chi connectivity index (χ4n) is 2.78. The van der Waals surface area contributed by atoms with E-state index < -0.39 is 0 Å². The molecule has 1 unspecified atom stereocenters. The molecular formula is C18H27N3. The summed E-state index contributed by atoms with van der Waals surface area (Å²) < 4.78 is 2.10. The van der Waals surface area contributed by atoms with Gasteiger partial charge >= 0.3 is 0 Å². The summed E-state index contributed by atoms with van der Waals surface area (Å²) in [5, 5.41) is 4.63. The van der Waals surface area contributed by atoms with Crippen LogP contribution >= 0.6 is 0 Å². The smallest absolute Gasteiger partial charge is 0.0624 e. The number of hydrogen-bond donors (Lipinski definition) is 1. The molecule has 0 saturated heterocycles. The first kappa shape index (κ1) is 15.8. The van der Waals surface area contributed by atoms with Crippen LogP contribution in [0.15, 0.2) is 36.4 Å². The van der Waals surface area contributed by atoms with Gasteiger partial charge in [-0.05, 0) is 37.8 Å². The Bertz CT molecular complexity index is 559. The van der Waals surface area contributed by atoms with Gasteiger partial charge in [-0.15, -0.1) is 0 Å². The summed E-state index contributed by atoms with van der Waals surface area (Å²) in [6.07, 6.45) is 3.71. The lowest BCUT2D eigenvalue weighted by atomic mass is 9.85. The van der Waals surface area contributed by atoms with Crippen molar-refractivity contribution < 1.29 is 0 Å². The second-order valence-electron chi connectivity index (χ2n) is 5.85. The van der Waals surface area contributed by atoms with Crippen LogP contribution in [0.2, 0.25) is 0 Å². The molecule has 0 aliphatic carbocycles. The highest BCUT2D eigenvalue weighted by molar-refractivity contribution is 5.20. The van der Waals surface area contributed by atoms with Gasteiger partial charge in [0.2, 0.25) is 0 Å². The highest BCUT2D eigenvalue weighted by Gasteiger charge is 2.25. The predicted octanol–water partition coefficient (Wildman–Crippen LogP) is 3.36. The molecular weight excluding hydrogens is 258 g/mol. The summed E-state index contributed by atoms with van der Waals surface area (Å²) >= 11 is 0. The fourth-order valence-corrected chi connectivity index (χ4v) is 2.78. The maximum Gasteiger partial charge on any atom is 0.0624 e. The Morgan fingerprint density at radius 1 is 1.10 bits per heavy atom. The fraction of sp³-hybridized carbons (Fsp3) is 0.500. The standard InChI is InChI=1S/C18H27N3/c1-4-16-12-17(21(6-3)20-16)14-18(19,5-2)13-15-10-8-7-9-11-15/h7-12H,4-6,13-14,19H2,1-3H3. The third kappa shape index (κ3) is 3.94. The molecule has 1 aromatic heterocycles. The molecule has 0 radical (unpaired) electrons. The first-order valence-electron chi connectivity index (χ1n) is 7.98. The van der Waals surface area contributed by atoms with Crippen LogP contribution < -0.4 is 5.73 Å². The summed E-state index contributed by atoms with van der Waals surface area (Å²) in [4.78, 5) is 0. The van der Waals surface area contributed by atoms with Crippen molar-refractivity contribution in [2.24, 2.45) is 5.73 Å². The number of hydrogen-bond acceptors (Lipinski definition) is 2. The van der Waals surface area contributed by atoms with Crippen LogP contribution in [0.4, 0.5) is 0 Å². The SMILES string of the molecule is CCc1cc(CC(N)(CC)Cc2ccccc2)n(CC)n1. The van der Waals surface area contributed by atoms with Crippen LogP contribution in [0.25, 0.3) is 0 Å². The van der Waals surface area contributed by atoms with Gasteiger partial charge in [0.15, 0.2) is 0 Å². The first-order chi connectivity index (χ1) is 10.1. The van der Waals surface area contributed by atoms with Crippen LogP contribution in [0.3, 0.4) is 0 Å². The topological polar surface area (TPSA) is 43.8 Å². The molecule has 0 aliphatic heterocycles. The Labute approximate surface area is 128 Å². The van der Waals surface area contributed by atoms with Crippen LogP contribution in [-0.2, 0) is 25.8 Å². The zero-order valence-electron chi connectivity index (χ0n) is 13.5. The summed E-state index contributed by atoms with van der Waals surface area (Å²) in [7, 11) is 0. The second kappa shape index (κ2) is 6.90. The van der Waals surface area contributed by atoms with Gasteiger partial charge in [-0.2, -0.15) is 5.10 Å². The molecule has 0 bridgehead atoms. The highest BCUT2D eigenvalue weighted by atomic mass is 15.3. The van der Waals surface area contributed by atoms with E-state index in [0.29, 0.717) is 0 Å². The average Bonchev–Trinajstić information content (AvgIpc) is 2.90.